The molecule has 0 aromatic rings. The third kappa shape index (κ3) is 21.2. The Labute approximate surface area is 207 Å². The summed E-state index contributed by atoms with van der Waals surface area (Å²) in [5.74, 6) is 0.0594. The Hall–Kier alpha value is -1.07. The van der Waals surface area contributed by atoms with Gasteiger partial charge in [0.2, 0.25) is 5.91 Å². The van der Waals surface area contributed by atoms with E-state index in [0.717, 1.165) is 19.3 Å². The molecule has 10 heteroatoms. The van der Waals surface area contributed by atoms with Crippen molar-refractivity contribution >= 4 is 24.6 Å². The fourth-order valence-electron chi connectivity index (χ4n) is 2.67. The minimum absolute atomic E-state index is 0. The van der Waals surface area contributed by atoms with Crippen LogP contribution in [0.1, 0.15) is 54.3 Å². The molecule has 0 aromatic heterocycles. The van der Waals surface area contributed by atoms with Crippen LogP contribution in [-0.2, 0) is 28.5 Å². The number of piperidine rings is 1. The molecule has 0 atom stereocenters. The largest absolute Gasteiger partial charge is 0.447 e. The third-order valence-electron chi connectivity index (χ3n) is 4.34. The normalized spacial score (nSPS) is 13.9. The van der Waals surface area contributed by atoms with Gasteiger partial charge in [0.25, 0.3) is 0 Å². The van der Waals surface area contributed by atoms with Crippen molar-refractivity contribution in [3.05, 3.63) is 0 Å². The van der Waals surface area contributed by atoms with Crippen molar-refractivity contribution in [2.75, 3.05) is 79.1 Å². The highest BCUT2D eigenvalue weighted by molar-refractivity contribution is 7.80. The Morgan fingerprint density at radius 1 is 0.848 bits per heavy atom. The first-order valence-corrected chi connectivity index (χ1v) is 12.7. The molecule has 1 N–H and O–H groups in total. The van der Waals surface area contributed by atoms with Gasteiger partial charge in [0.15, 0.2) is 0 Å². The van der Waals surface area contributed by atoms with E-state index in [1.165, 1.54) is 6.42 Å². The van der Waals surface area contributed by atoms with Crippen molar-refractivity contribution in [3.63, 3.8) is 0 Å². The minimum atomic E-state index is -0.280. The molecule has 1 fully saturated rings. The second-order valence-electron chi connectivity index (χ2n) is 7.59. The smallest absolute Gasteiger partial charge is 0.409 e. The summed E-state index contributed by atoms with van der Waals surface area (Å²) in [7, 11) is 0. The van der Waals surface area contributed by atoms with Crippen LogP contribution in [0.25, 0.3) is 0 Å². The fraction of sp³-hybridized carbons (Fsp3) is 0.913. The molecule has 0 spiro atoms. The number of nitrogens with one attached hydrogen (secondary N) is 1. The summed E-state index contributed by atoms with van der Waals surface area (Å²) in [5.41, 5.74) is 0. The Balaban J connectivity index is 0. The van der Waals surface area contributed by atoms with E-state index in [4.69, 9.17) is 23.7 Å². The van der Waals surface area contributed by atoms with Crippen LogP contribution in [0.15, 0.2) is 0 Å². The molecule has 0 saturated carbocycles. The molecular formula is C23H48N2O7S. The van der Waals surface area contributed by atoms with Gasteiger partial charge in [-0.25, -0.2) is 4.79 Å². The fourth-order valence-corrected chi connectivity index (χ4v) is 2.90. The lowest BCUT2D eigenvalue weighted by atomic mass is 10.1. The van der Waals surface area contributed by atoms with Crippen LogP contribution >= 0.6 is 12.6 Å². The third-order valence-corrected chi connectivity index (χ3v) is 4.85. The van der Waals surface area contributed by atoms with Crippen LogP contribution < -0.4 is 5.32 Å². The van der Waals surface area contributed by atoms with Gasteiger partial charge in [-0.1, -0.05) is 27.2 Å². The summed E-state index contributed by atoms with van der Waals surface area (Å²) < 4.78 is 26.7. The van der Waals surface area contributed by atoms with Crippen LogP contribution in [0, 0.1) is 0 Å². The van der Waals surface area contributed by atoms with Crippen molar-refractivity contribution < 1.29 is 34.7 Å². The molecule has 0 bridgehead atoms. The maximum Gasteiger partial charge on any atom is 0.409 e. The molecule has 0 aromatic carbocycles. The number of carbonyl (C=O) groups excluding carboxylic acids is 2. The van der Waals surface area contributed by atoms with Crippen molar-refractivity contribution in [1.29, 1.82) is 0 Å². The molecule has 33 heavy (non-hydrogen) atoms. The lowest BCUT2D eigenvalue weighted by molar-refractivity contribution is -0.121. The first-order valence-electron chi connectivity index (χ1n) is 12.2. The first kappa shape index (κ1) is 31.9. The number of carbonyl (C=O) groups is 2. The van der Waals surface area contributed by atoms with Gasteiger partial charge in [-0.2, -0.15) is 12.6 Å². The molecule has 0 unspecified atom stereocenters. The van der Waals surface area contributed by atoms with Crippen LogP contribution in [0.4, 0.5) is 4.79 Å². The summed E-state index contributed by atoms with van der Waals surface area (Å²) in [5, 5.41) is 3.16. The number of likely N-dealkylation sites (tertiary alicyclic amines) is 1. The number of rotatable bonds is 17. The Kier molecular flexibility index (Phi) is 23.3. The van der Waals surface area contributed by atoms with Crippen LogP contribution in [0.2, 0.25) is 0 Å². The van der Waals surface area contributed by atoms with Gasteiger partial charge >= 0.3 is 6.09 Å². The summed E-state index contributed by atoms with van der Waals surface area (Å²) in [6.07, 6.45) is 4.18. The maximum atomic E-state index is 11.8. The second kappa shape index (κ2) is 24.1. The highest BCUT2D eigenvalue weighted by Gasteiger charge is 2.21. The number of hydrogen-bond acceptors (Lipinski definition) is 8. The van der Waals surface area contributed by atoms with Gasteiger partial charge in [-0.15, -0.1) is 0 Å². The van der Waals surface area contributed by atoms with Crippen molar-refractivity contribution in [3.8, 4) is 0 Å². The molecule has 1 aliphatic rings. The molecule has 2 amide bonds. The van der Waals surface area contributed by atoms with Gasteiger partial charge in [-0.3, -0.25) is 4.79 Å². The number of amides is 2. The zero-order valence-corrected chi connectivity index (χ0v) is 21.7. The molecular weight excluding hydrogens is 448 g/mol. The predicted molar refractivity (Wildman–Crippen MR) is 134 cm³/mol. The van der Waals surface area contributed by atoms with E-state index in [1.54, 1.807) is 4.90 Å². The average Bonchev–Trinajstić information content (AvgIpc) is 2.79. The monoisotopic (exact) mass is 496 g/mol. The molecule has 9 nitrogen and oxygen atoms in total. The highest BCUT2D eigenvalue weighted by Crippen LogP contribution is 2.15. The minimum Gasteiger partial charge on any atom is -0.447 e. The molecule has 0 radical (unpaired) electrons. The van der Waals surface area contributed by atoms with Crippen LogP contribution in [0.3, 0.4) is 0 Å². The van der Waals surface area contributed by atoms with E-state index < -0.39 is 0 Å². The second-order valence-corrected chi connectivity index (χ2v) is 8.32. The van der Waals surface area contributed by atoms with Gasteiger partial charge in [0, 0.05) is 32.7 Å². The zero-order chi connectivity index (χ0) is 24.6. The number of nitrogens with zero attached hydrogens (tertiary/aromatic N) is 1. The highest BCUT2D eigenvalue weighted by atomic mass is 32.1. The van der Waals surface area contributed by atoms with Gasteiger partial charge in [-0.05, 0) is 19.3 Å². The number of hydrogen-bond donors (Lipinski definition) is 2. The summed E-state index contributed by atoms with van der Waals surface area (Å²) in [6, 6.07) is 0. The predicted octanol–water partition coefficient (Wildman–Crippen LogP) is 3.16. The summed E-state index contributed by atoms with van der Waals surface area (Å²) in [4.78, 5) is 24.8. The standard InChI is InChI=1S/C20H38N2O7S.C3H8.H2/c1-2-3-19(23)21-6-9-25-10-11-26-12-13-27-14-15-28-16-17-29-20(24)22-7-4-18(30)5-8-22;1-3-2;/h18,30H,2-17H2,1H3,(H,21,23);3H2,1-2H3;1H. The SMILES string of the molecule is CCC.CCCC(=O)NCCOCCOCCOCCOCCOC(=O)N1CCC(S)CC1.[HH]. The van der Waals surface area contributed by atoms with E-state index in [0.29, 0.717) is 84.2 Å². The zero-order valence-electron chi connectivity index (χ0n) is 20.9. The molecule has 1 heterocycles. The van der Waals surface area contributed by atoms with Crippen molar-refractivity contribution in [2.45, 2.75) is 58.1 Å². The number of thiol groups is 1. The van der Waals surface area contributed by atoms with Crippen molar-refractivity contribution in [1.82, 2.24) is 10.2 Å². The average molecular weight is 497 g/mol. The Morgan fingerprint density at radius 3 is 1.79 bits per heavy atom. The molecule has 1 aliphatic heterocycles. The number of ether oxygens (including phenoxy) is 5. The van der Waals surface area contributed by atoms with Gasteiger partial charge in [0.1, 0.15) is 6.61 Å². The van der Waals surface area contributed by atoms with Gasteiger partial charge < -0.3 is 33.9 Å². The van der Waals surface area contributed by atoms with Crippen LogP contribution in [0.5, 0.6) is 0 Å². The molecule has 1 rings (SSSR count). The molecule has 0 aliphatic carbocycles. The lowest BCUT2D eigenvalue weighted by Crippen LogP contribution is -2.39. The van der Waals surface area contributed by atoms with Crippen molar-refractivity contribution in [2.24, 2.45) is 0 Å². The van der Waals surface area contributed by atoms with E-state index in [2.05, 4.69) is 31.8 Å². The Bertz CT molecular complexity index is 471. The quantitative estimate of drug-likeness (QED) is 0.236. The van der Waals surface area contributed by atoms with E-state index in [-0.39, 0.29) is 20.0 Å². The van der Waals surface area contributed by atoms with E-state index >= 15 is 0 Å². The molecule has 198 valence electrons. The van der Waals surface area contributed by atoms with Crippen LogP contribution in [-0.4, -0.2) is 101 Å². The molecule has 1 saturated heterocycles. The Morgan fingerprint density at radius 2 is 1.30 bits per heavy atom. The first-order chi connectivity index (χ1) is 16.0. The maximum absolute atomic E-state index is 11.8. The topological polar surface area (TPSA) is 95.6 Å². The van der Waals surface area contributed by atoms with E-state index in [1.807, 2.05) is 6.92 Å². The van der Waals surface area contributed by atoms with Gasteiger partial charge in [0.05, 0.1) is 52.9 Å². The summed E-state index contributed by atoms with van der Waals surface area (Å²) in [6.45, 7) is 12.1. The summed E-state index contributed by atoms with van der Waals surface area (Å²) >= 11 is 4.41. The lowest BCUT2D eigenvalue weighted by Gasteiger charge is -2.28. The van der Waals surface area contributed by atoms with E-state index in [9.17, 15) is 9.59 Å².